The third-order valence-corrected chi connectivity index (χ3v) is 23.9. The molecule has 2 fully saturated rings. The predicted octanol–water partition coefficient (Wildman–Crippen LogP) is 5.06. The van der Waals surface area contributed by atoms with Gasteiger partial charge < -0.3 is 51.3 Å². The van der Waals surface area contributed by atoms with Crippen LogP contribution >= 0.6 is 0 Å². The first-order valence-electron chi connectivity index (χ1n) is 18.9. The van der Waals surface area contributed by atoms with Crippen LogP contribution in [0.5, 0.6) is 0 Å². The molecule has 15 heteroatoms. The van der Waals surface area contributed by atoms with E-state index in [2.05, 4.69) is 52.4 Å². The monoisotopic (exact) mass is 770 g/mol. The molecule has 292 valence electrons. The molecule has 0 amide bonds. The number of epoxide rings is 2. The van der Waals surface area contributed by atoms with Gasteiger partial charge in [-0.05, 0) is 102 Å². The van der Waals surface area contributed by atoms with Crippen molar-refractivity contribution >= 4 is 33.3 Å². The summed E-state index contributed by atoms with van der Waals surface area (Å²) in [6.07, 6.45) is 3.44. The van der Waals surface area contributed by atoms with E-state index >= 15 is 0 Å². The minimum Gasteiger partial charge on any atom is -0.455 e. The number of quaternary nitrogens is 1. The van der Waals surface area contributed by atoms with Gasteiger partial charge in [0, 0.05) is 26.4 Å². The molecule has 11 nitrogen and oxygen atoms in total. The van der Waals surface area contributed by atoms with Crippen molar-refractivity contribution in [2.75, 3.05) is 93.3 Å². The smallest absolute Gasteiger partial charge is 0.173 e. The Bertz CT molecular complexity index is 823. The molecule has 2 heterocycles. The zero-order chi connectivity index (χ0) is 36.6. The first-order chi connectivity index (χ1) is 22.8. The number of nitrogens with zero attached hydrogens (tertiary/aromatic N) is 1. The van der Waals surface area contributed by atoms with Gasteiger partial charge in [0.1, 0.15) is 37.5 Å². The molecule has 0 radical (unpaired) electrons. The van der Waals surface area contributed by atoms with Gasteiger partial charge in [0.25, 0.3) is 0 Å². The van der Waals surface area contributed by atoms with Crippen LogP contribution in [0, 0.1) is 0 Å². The van der Waals surface area contributed by atoms with E-state index in [0.29, 0.717) is 56.2 Å². The van der Waals surface area contributed by atoms with Crippen molar-refractivity contribution in [1.29, 1.82) is 0 Å². The number of likely N-dealkylation sites (N-methyl/N-ethyl adjacent to an activating group) is 1. The Hall–Kier alpha value is 0.428. The zero-order valence-corrected chi connectivity index (χ0v) is 37.1. The molecule has 0 aliphatic carbocycles. The maximum Gasteiger partial charge on any atom is 0.173 e. The first-order valence-corrected chi connectivity index (χ1v) is 31.4. The average molecular weight is 771 g/mol. The van der Waals surface area contributed by atoms with Crippen molar-refractivity contribution in [3.05, 3.63) is 0 Å². The lowest BCUT2D eigenvalue weighted by Gasteiger charge is -2.34. The number of hydrogen-bond acceptors (Lipinski definition) is 10. The van der Waals surface area contributed by atoms with Gasteiger partial charge in [0.2, 0.25) is 0 Å². The fourth-order valence-corrected chi connectivity index (χ4v) is 24.2. The fraction of sp³-hybridized carbons (Fsp3) is 1.00. The van der Waals surface area contributed by atoms with E-state index in [1.54, 1.807) is 0 Å². The van der Waals surface area contributed by atoms with Gasteiger partial charge in [-0.2, -0.15) is 0 Å². The Morgan fingerprint density at radius 1 is 0.551 bits per heavy atom. The third kappa shape index (κ3) is 25.1. The summed E-state index contributed by atoms with van der Waals surface area (Å²) in [6.45, 7) is 26.0. The van der Waals surface area contributed by atoms with E-state index in [1.165, 1.54) is 0 Å². The molecular formula is C34H76NO10Si4+. The van der Waals surface area contributed by atoms with Gasteiger partial charge >= 0.3 is 0 Å². The molecule has 0 saturated carbocycles. The van der Waals surface area contributed by atoms with Gasteiger partial charge in [-0.1, -0.05) is 0 Å². The Morgan fingerprint density at radius 3 is 1.12 bits per heavy atom. The highest BCUT2D eigenvalue weighted by Crippen LogP contribution is 2.25. The SMILES string of the molecule is C[N+](C)(CC(O)COCCC[Si](C)(C)O[Si](C)(C)CCCOCC1CO1)CC(O)COCCC[Si](C)(C)O[Si](C)(C)CCCOCC1CO1. The highest BCUT2D eigenvalue weighted by molar-refractivity contribution is 6.85. The Morgan fingerprint density at radius 2 is 0.837 bits per heavy atom. The normalized spacial score (nSPS) is 20.1. The minimum absolute atomic E-state index is 0.300. The molecule has 4 atom stereocenters. The molecule has 2 saturated heterocycles. The Balaban J connectivity index is 1.50. The number of aliphatic hydroxyl groups is 2. The van der Waals surface area contributed by atoms with Crippen molar-refractivity contribution in [3.63, 3.8) is 0 Å². The predicted molar refractivity (Wildman–Crippen MR) is 206 cm³/mol. The second-order valence-corrected chi connectivity index (χ2v) is 35.2. The van der Waals surface area contributed by atoms with Crippen LogP contribution in [-0.2, 0) is 36.7 Å². The van der Waals surface area contributed by atoms with Crippen molar-refractivity contribution in [3.8, 4) is 0 Å². The van der Waals surface area contributed by atoms with Crippen LogP contribution < -0.4 is 0 Å². The molecule has 49 heavy (non-hydrogen) atoms. The highest BCUT2D eigenvalue weighted by Gasteiger charge is 2.34. The lowest BCUT2D eigenvalue weighted by molar-refractivity contribution is -0.896. The molecule has 0 aromatic carbocycles. The summed E-state index contributed by atoms with van der Waals surface area (Å²) in [4.78, 5) is 0. The fourth-order valence-electron chi connectivity index (χ4n) is 6.62. The molecular weight excluding hydrogens is 695 g/mol. The molecule has 2 rings (SSSR count). The minimum atomic E-state index is -1.79. The summed E-state index contributed by atoms with van der Waals surface area (Å²) in [6, 6.07) is 4.30. The van der Waals surface area contributed by atoms with Crippen LogP contribution in [-0.4, -0.2) is 166 Å². The average Bonchev–Trinajstić information content (AvgIpc) is 3.86. The van der Waals surface area contributed by atoms with Crippen molar-refractivity contribution in [2.45, 2.75) is 127 Å². The summed E-state index contributed by atoms with van der Waals surface area (Å²) in [5, 5.41) is 21.3. The van der Waals surface area contributed by atoms with E-state index in [-0.39, 0.29) is 0 Å². The van der Waals surface area contributed by atoms with Crippen LogP contribution in [0.15, 0.2) is 0 Å². The third-order valence-electron chi connectivity index (χ3n) is 8.82. The van der Waals surface area contributed by atoms with Crippen LogP contribution in [0.3, 0.4) is 0 Å². The standard InChI is InChI=1S/C34H76NO10Si4/c1-35(2,23-31(36)25-38-15-11-19-46(3,4)44-48(7,8)21-13-17-40-27-33-29-42-33)24-32(37)26-39-16-12-20-47(5,6)45-49(9,10)22-14-18-41-28-34-30-43-34/h31-34,36-37H,11-30H2,1-10H3/q+1. The van der Waals surface area contributed by atoms with Crippen molar-refractivity contribution < 1.29 is 51.3 Å². The maximum atomic E-state index is 10.7. The van der Waals surface area contributed by atoms with Gasteiger partial charge in [0.05, 0.1) is 53.7 Å². The summed E-state index contributed by atoms with van der Waals surface area (Å²) in [5.41, 5.74) is 0. The quantitative estimate of drug-likeness (QED) is 0.0416. The largest absolute Gasteiger partial charge is 0.455 e. The van der Waals surface area contributed by atoms with E-state index in [0.717, 1.165) is 89.5 Å². The van der Waals surface area contributed by atoms with E-state index < -0.39 is 45.5 Å². The summed E-state index contributed by atoms with van der Waals surface area (Å²) >= 11 is 0. The van der Waals surface area contributed by atoms with Crippen LogP contribution in [0.25, 0.3) is 0 Å². The molecule has 2 N–H and O–H groups in total. The summed E-state index contributed by atoms with van der Waals surface area (Å²) in [7, 11) is -2.98. The van der Waals surface area contributed by atoms with Gasteiger partial charge in [0.15, 0.2) is 33.3 Å². The summed E-state index contributed by atoms with van der Waals surface area (Å²) in [5.74, 6) is 0. The van der Waals surface area contributed by atoms with Crippen molar-refractivity contribution in [1.82, 2.24) is 0 Å². The van der Waals surface area contributed by atoms with E-state index in [1.807, 2.05) is 14.1 Å². The van der Waals surface area contributed by atoms with Gasteiger partial charge in [-0.25, -0.2) is 0 Å². The first kappa shape index (κ1) is 45.6. The molecule has 0 aromatic rings. The second kappa shape index (κ2) is 22.0. The number of hydrogen-bond donors (Lipinski definition) is 2. The highest BCUT2D eigenvalue weighted by atomic mass is 28.4. The second-order valence-electron chi connectivity index (χ2n) is 17.5. The molecule has 4 unspecified atom stereocenters. The maximum absolute atomic E-state index is 10.7. The van der Waals surface area contributed by atoms with E-state index in [9.17, 15) is 10.2 Å². The Kier molecular flexibility index (Phi) is 20.4. The molecule has 0 aromatic heterocycles. The van der Waals surface area contributed by atoms with Crippen LogP contribution in [0.4, 0.5) is 0 Å². The lowest BCUT2D eigenvalue weighted by Crippen LogP contribution is -2.51. The lowest BCUT2D eigenvalue weighted by atomic mass is 10.2. The molecule has 0 spiro atoms. The van der Waals surface area contributed by atoms with Crippen molar-refractivity contribution in [2.24, 2.45) is 0 Å². The van der Waals surface area contributed by atoms with Crippen LogP contribution in [0.2, 0.25) is 76.6 Å². The number of ether oxygens (including phenoxy) is 6. The molecule has 0 bridgehead atoms. The Labute approximate surface area is 303 Å². The molecule has 2 aliphatic heterocycles. The molecule has 2 aliphatic rings. The van der Waals surface area contributed by atoms with Crippen LogP contribution in [0.1, 0.15) is 25.7 Å². The number of rotatable bonds is 32. The number of aliphatic hydroxyl groups excluding tert-OH is 2. The van der Waals surface area contributed by atoms with Gasteiger partial charge in [-0.3, -0.25) is 0 Å². The summed E-state index contributed by atoms with van der Waals surface area (Å²) < 4.78 is 47.5. The van der Waals surface area contributed by atoms with E-state index in [4.69, 9.17) is 36.7 Å². The van der Waals surface area contributed by atoms with Gasteiger partial charge in [-0.15, -0.1) is 0 Å². The topological polar surface area (TPSA) is 121 Å². The zero-order valence-electron chi connectivity index (χ0n) is 33.1.